The molecule has 0 aliphatic carbocycles. The normalized spacial score (nSPS) is 11.9. The van der Waals surface area contributed by atoms with Gasteiger partial charge in [-0.15, -0.1) is 4.67 Å². The quantitative estimate of drug-likeness (QED) is 0.247. The van der Waals surface area contributed by atoms with E-state index in [9.17, 15) is 0 Å². The molecule has 0 amide bonds. The molecule has 98 valence electrons. The van der Waals surface area contributed by atoms with Crippen molar-refractivity contribution in [2.45, 2.75) is 46.5 Å². The molecule has 0 fully saturated rings. The SMILES string of the molecule is CCCCCCOOP(=S)(OCC)OCC. The van der Waals surface area contributed by atoms with Crippen LogP contribution in [0.3, 0.4) is 0 Å². The Labute approximate surface area is 104 Å². The van der Waals surface area contributed by atoms with E-state index in [1.807, 2.05) is 13.8 Å². The lowest BCUT2D eigenvalue weighted by atomic mass is 10.2. The summed E-state index contributed by atoms with van der Waals surface area (Å²) in [7, 11) is 0. The summed E-state index contributed by atoms with van der Waals surface area (Å²) >= 11 is 5.12. The van der Waals surface area contributed by atoms with E-state index < -0.39 is 6.72 Å². The summed E-state index contributed by atoms with van der Waals surface area (Å²) in [6.07, 6.45) is 4.54. The van der Waals surface area contributed by atoms with Gasteiger partial charge in [0.15, 0.2) is 0 Å². The predicted molar refractivity (Wildman–Crippen MR) is 68.7 cm³/mol. The largest absolute Gasteiger partial charge is 0.355 e. The number of hydrogen-bond donors (Lipinski definition) is 0. The molecule has 0 aromatic carbocycles. The van der Waals surface area contributed by atoms with Crippen LogP contribution in [-0.4, -0.2) is 19.8 Å². The molecule has 0 spiro atoms. The molecule has 0 aromatic rings. The molecule has 0 saturated heterocycles. The first kappa shape index (κ1) is 16.5. The molecule has 0 unspecified atom stereocenters. The molecule has 0 aliphatic rings. The van der Waals surface area contributed by atoms with Crippen LogP contribution in [0.4, 0.5) is 0 Å². The van der Waals surface area contributed by atoms with Gasteiger partial charge < -0.3 is 9.05 Å². The van der Waals surface area contributed by atoms with E-state index in [4.69, 9.17) is 30.4 Å². The van der Waals surface area contributed by atoms with Gasteiger partial charge in [0.1, 0.15) is 0 Å². The van der Waals surface area contributed by atoms with Gasteiger partial charge in [0.05, 0.1) is 19.8 Å². The summed E-state index contributed by atoms with van der Waals surface area (Å²) in [5, 5.41) is 0. The Kier molecular flexibility index (Phi) is 11.0. The summed E-state index contributed by atoms with van der Waals surface area (Å²) in [6, 6.07) is 0. The zero-order chi connectivity index (χ0) is 12.3. The van der Waals surface area contributed by atoms with Gasteiger partial charge >= 0.3 is 6.72 Å². The Morgan fingerprint density at radius 1 is 0.938 bits per heavy atom. The van der Waals surface area contributed by atoms with E-state index in [2.05, 4.69) is 6.92 Å². The van der Waals surface area contributed by atoms with Crippen molar-refractivity contribution in [1.82, 2.24) is 0 Å². The van der Waals surface area contributed by atoms with Gasteiger partial charge in [0.25, 0.3) is 0 Å². The number of rotatable bonds is 11. The highest BCUT2D eigenvalue weighted by atomic mass is 32.5. The molecule has 0 radical (unpaired) electrons. The van der Waals surface area contributed by atoms with Crippen molar-refractivity contribution in [2.24, 2.45) is 0 Å². The number of hydrogen-bond acceptors (Lipinski definition) is 5. The molecule has 16 heavy (non-hydrogen) atoms. The second kappa shape index (κ2) is 10.6. The average Bonchev–Trinajstić information content (AvgIpc) is 2.24. The Morgan fingerprint density at radius 2 is 1.56 bits per heavy atom. The summed E-state index contributed by atoms with van der Waals surface area (Å²) < 4.78 is 15.6. The lowest BCUT2D eigenvalue weighted by Gasteiger charge is -2.18. The first-order valence-electron chi connectivity index (χ1n) is 5.88. The molecular formula is C10H23O4PS. The smallest absolute Gasteiger partial charge is 0.307 e. The fourth-order valence-corrected chi connectivity index (χ4v) is 2.84. The van der Waals surface area contributed by atoms with Gasteiger partial charge in [-0.3, -0.25) is 0 Å². The van der Waals surface area contributed by atoms with Crippen LogP contribution < -0.4 is 0 Å². The Bertz CT molecular complexity index is 191. The Hall–Kier alpha value is 0.490. The van der Waals surface area contributed by atoms with E-state index in [0.717, 1.165) is 12.8 Å². The molecule has 0 aliphatic heterocycles. The average molecular weight is 270 g/mol. The third-order valence-corrected chi connectivity index (χ3v) is 4.05. The third kappa shape index (κ3) is 8.62. The van der Waals surface area contributed by atoms with Crippen LogP contribution in [0.25, 0.3) is 0 Å². The first-order chi connectivity index (χ1) is 7.68. The lowest BCUT2D eigenvalue weighted by molar-refractivity contribution is -0.218. The van der Waals surface area contributed by atoms with Crippen LogP contribution in [0.5, 0.6) is 0 Å². The van der Waals surface area contributed by atoms with E-state index >= 15 is 0 Å². The highest BCUT2D eigenvalue weighted by molar-refractivity contribution is 8.07. The molecule has 0 aromatic heterocycles. The van der Waals surface area contributed by atoms with Crippen LogP contribution in [0.15, 0.2) is 0 Å². The van der Waals surface area contributed by atoms with Crippen molar-refractivity contribution in [3.63, 3.8) is 0 Å². The fraction of sp³-hybridized carbons (Fsp3) is 1.00. The second-order valence-corrected chi connectivity index (χ2v) is 6.14. The Morgan fingerprint density at radius 3 is 2.06 bits per heavy atom. The maximum absolute atomic E-state index is 5.25. The van der Waals surface area contributed by atoms with Crippen LogP contribution >= 0.6 is 6.72 Å². The summed E-state index contributed by atoms with van der Waals surface area (Å²) in [5.74, 6) is 0. The maximum atomic E-state index is 5.25. The van der Waals surface area contributed by atoms with Gasteiger partial charge in [-0.25, -0.2) is 4.89 Å². The first-order valence-corrected chi connectivity index (χ1v) is 8.44. The third-order valence-electron chi connectivity index (χ3n) is 1.80. The van der Waals surface area contributed by atoms with Gasteiger partial charge in [-0.1, -0.05) is 26.2 Å². The zero-order valence-corrected chi connectivity index (χ0v) is 12.1. The van der Waals surface area contributed by atoms with Crippen LogP contribution in [0.1, 0.15) is 46.5 Å². The molecular weight excluding hydrogens is 247 g/mol. The van der Waals surface area contributed by atoms with Gasteiger partial charge in [-0.2, -0.15) is 0 Å². The Balaban J connectivity index is 3.64. The van der Waals surface area contributed by atoms with Crippen LogP contribution in [0.2, 0.25) is 0 Å². The van der Waals surface area contributed by atoms with Crippen molar-refractivity contribution in [3.8, 4) is 0 Å². The monoisotopic (exact) mass is 270 g/mol. The highest BCUT2D eigenvalue weighted by Crippen LogP contribution is 2.49. The highest BCUT2D eigenvalue weighted by Gasteiger charge is 2.20. The topological polar surface area (TPSA) is 36.9 Å². The second-order valence-electron chi connectivity index (χ2n) is 3.24. The molecule has 4 nitrogen and oxygen atoms in total. The van der Waals surface area contributed by atoms with Crippen molar-refractivity contribution in [1.29, 1.82) is 0 Å². The zero-order valence-electron chi connectivity index (χ0n) is 10.4. The van der Waals surface area contributed by atoms with Crippen molar-refractivity contribution in [3.05, 3.63) is 0 Å². The van der Waals surface area contributed by atoms with Gasteiger partial charge in [0.2, 0.25) is 0 Å². The van der Waals surface area contributed by atoms with Crippen molar-refractivity contribution in [2.75, 3.05) is 19.8 Å². The summed E-state index contributed by atoms with van der Waals surface area (Å²) in [5.41, 5.74) is 0. The summed E-state index contributed by atoms with van der Waals surface area (Å²) in [4.78, 5) is 5.05. The lowest BCUT2D eigenvalue weighted by Crippen LogP contribution is -2.02. The van der Waals surface area contributed by atoms with E-state index in [0.29, 0.717) is 19.8 Å². The predicted octanol–water partition coefficient (Wildman–Crippen LogP) is 3.81. The molecule has 0 heterocycles. The minimum Gasteiger partial charge on any atom is -0.307 e. The molecule has 0 atom stereocenters. The molecule has 6 heteroatoms. The molecule has 0 rings (SSSR count). The fourth-order valence-electron chi connectivity index (χ4n) is 1.09. The van der Waals surface area contributed by atoms with Gasteiger partial charge in [0, 0.05) is 0 Å². The van der Waals surface area contributed by atoms with Crippen molar-refractivity contribution >= 4 is 18.5 Å². The van der Waals surface area contributed by atoms with E-state index in [1.54, 1.807) is 0 Å². The van der Waals surface area contributed by atoms with Crippen LogP contribution in [0, 0.1) is 0 Å². The van der Waals surface area contributed by atoms with E-state index in [1.165, 1.54) is 12.8 Å². The molecule has 0 bridgehead atoms. The minimum atomic E-state index is -2.66. The molecule has 0 N–H and O–H groups in total. The number of unbranched alkanes of at least 4 members (excludes halogenated alkanes) is 3. The standard InChI is InChI=1S/C10H23O4PS/c1-4-7-8-9-10-11-14-15(16,12-5-2)13-6-3/h4-10H2,1-3H3. The van der Waals surface area contributed by atoms with E-state index in [-0.39, 0.29) is 0 Å². The minimum absolute atomic E-state index is 0.469. The van der Waals surface area contributed by atoms with Crippen molar-refractivity contribution < 1.29 is 18.6 Å². The summed E-state index contributed by atoms with van der Waals surface area (Å²) in [6.45, 7) is 4.69. The molecule has 0 saturated carbocycles. The van der Waals surface area contributed by atoms with Gasteiger partial charge in [-0.05, 0) is 32.1 Å². The maximum Gasteiger partial charge on any atom is 0.355 e. The van der Waals surface area contributed by atoms with Crippen LogP contribution in [-0.2, 0) is 30.4 Å².